The minimum absolute atomic E-state index is 0.0866. The first-order valence-corrected chi connectivity index (χ1v) is 21.4. The number of hydrogen-bond acceptors (Lipinski definition) is 2. The molecule has 1 aliphatic carbocycles. The maximum absolute atomic E-state index is 5.53. The van der Waals surface area contributed by atoms with Gasteiger partial charge in [0.05, 0.1) is 22.2 Å². The molecule has 2 heterocycles. The van der Waals surface area contributed by atoms with Crippen LogP contribution in [-0.4, -0.2) is 14.5 Å². The number of benzene rings is 10. The van der Waals surface area contributed by atoms with Crippen LogP contribution in [0.15, 0.2) is 218 Å². The monoisotopic (exact) mass is 787 g/mol. The van der Waals surface area contributed by atoms with E-state index in [1.807, 2.05) is 0 Å². The Labute approximate surface area is 358 Å². The van der Waals surface area contributed by atoms with Crippen molar-refractivity contribution in [2.45, 2.75) is 5.92 Å². The van der Waals surface area contributed by atoms with Gasteiger partial charge in [-0.2, -0.15) is 0 Å². The molecule has 0 fully saturated rings. The summed E-state index contributed by atoms with van der Waals surface area (Å²) in [4.78, 5) is 10.9. The van der Waals surface area contributed by atoms with Crippen LogP contribution in [-0.2, 0) is 0 Å². The molecule has 62 heavy (non-hydrogen) atoms. The molecule has 0 saturated heterocycles. The van der Waals surface area contributed by atoms with Crippen molar-refractivity contribution in [3.63, 3.8) is 0 Å². The summed E-state index contributed by atoms with van der Waals surface area (Å²) in [6.45, 7) is 0. The quantitative estimate of drug-likeness (QED) is 0.174. The number of hydrogen-bond donors (Lipinski definition) is 0. The Kier molecular flexibility index (Phi) is 7.67. The third-order valence-corrected chi connectivity index (χ3v) is 13.1. The molecule has 0 amide bonds. The van der Waals surface area contributed by atoms with Crippen molar-refractivity contribution < 1.29 is 0 Å². The van der Waals surface area contributed by atoms with Gasteiger partial charge in [-0.1, -0.05) is 194 Å². The van der Waals surface area contributed by atoms with Gasteiger partial charge >= 0.3 is 0 Å². The minimum Gasteiger partial charge on any atom is -0.277 e. The topological polar surface area (TPSA) is 30.7 Å². The molecule has 0 N–H and O–H groups in total. The molecule has 1 aliphatic rings. The van der Waals surface area contributed by atoms with Crippen LogP contribution in [0.3, 0.4) is 0 Å². The second kappa shape index (κ2) is 13.7. The highest BCUT2D eigenvalue weighted by molar-refractivity contribution is 6.27. The van der Waals surface area contributed by atoms with Gasteiger partial charge in [-0.05, 0) is 90.3 Å². The standard InChI is InChI=1S/C59H37N3/c1-3-15-37(16-4-1)38-27-29-40(30-28-38)54-48-24-12-11-23-46(48)47-33-31-43(36-50(47)54)55-45-22-10-8-20-42(45)35-51-56-44-21-9-7-17-39(44)32-34-53(56)62(58(51)55)59-60-52-26-14-13-25-49(52)57(61-59)41-18-5-2-6-19-41/h1-36,54H. The largest absolute Gasteiger partial charge is 0.277 e. The van der Waals surface area contributed by atoms with Crippen LogP contribution in [0, 0.1) is 0 Å². The highest BCUT2D eigenvalue weighted by Crippen LogP contribution is 2.51. The van der Waals surface area contributed by atoms with E-state index in [0.29, 0.717) is 5.95 Å². The average Bonchev–Trinajstić information content (AvgIpc) is 3.86. The first kappa shape index (κ1) is 34.7. The SMILES string of the molecule is c1ccc(-c2ccc(C3c4ccccc4-c4ccc(-c5c6ccccc6cc6c7c8ccccc8ccc7n(-c7nc(-c8ccccc8)c8ccccc8n7)c56)cc43)cc2)cc1. The number of para-hydroxylation sites is 1. The van der Waals surface area contributed by atoms with E-state index in [1.165, 1.54) is 82.4 Å². The molecule has 0 spiro atoms. The lowest BCUT2D eigenvalue weighted by atomic mass is 9.86. The van der Waals surface area contributed by atoms with E-state index < -0.39 is 0 Å². The van der Waals surface area contributed by atoms with E-state index in [2.05, 4.69) is 223 Å². The normalized spacial score (nSPS) is 13.3. The maximum atomic E-state index is 5.53. The van der Waals surface area contributed by atoms with Crippen molar-refractivity contribution in [1.82, 2.24) is 14.5 Å². The molecule has 1 atom stereocenters. The molecule has 3 heteroatoms. The summed E-state index contributed by atoms with van der Waals surface area (Å²) < 4.78 is 2.35. The molecule has 3 nitrogen and oxygen atoms in total. The van der Waals surface area contributed by atoms with Crippen LogP contribution in [0.4, 0.5) is 0 Å². The number of nitrogens with zero attached hydrogens (tertiary/aromatic N) is 3. The Hall–Kier alpha value is -8.14. The summed E-state index contributed by atoms with van der Waals surface area (Å²) in [5.41, 5.74) is 16.4. The van der Waals surface area contributed by atoms with Gasteiger partial charge in [0.1, 0.15) is 0 Å². The fraction of sp³-hybridized carbons (Fsp3) is 0.0169. The van der Waals surface area contributed by atoms with E-state index >= 15 is 0 Å². The number of fused-ring (bicyclic) bond motifs is 10. The third kappa shape index (κ3) is 5.25. The molecule has 1 unspecified atom stereocenters. The van der Waals surface area contributed by atoms with Crippen molar-refractivity contribution in [2.24, 2.45) is 0 Å². The van der Waals surface area contributed by atoms with Crippen LogP contribution in [0.5, 0.6) is 0 Å². The van der Waals surface area contributed by atoms with Crippen LogP contribution in [0.1, 0.15) is 22.6 Å². The summed E-state index contributed by atoms with van der Waals surface area (Å²) in [5, 5.41) is 8.21. The predicted molar refractivity (Wildman–Crippen MR) is 258 cm³/mol. The van der Waals surface area contributed by atoms with Crippen molar-refractivity contribution in [2.75, 3.05) is 0 Å². The molecule has 288 valence electrons. The average molecular weight is 788 g/mol. The lowest BCUT2D eigenvalue weighted by molar-refractivity contribution is 1.01. The second-order valence-electron chi connectivity index (χ2n) is 16.5. The van der Waals surface area contributed by atoms with Crippen LogP contribution >= 0.6 is 0 Å². The van der Waals surface area contributed by atoms with Crippen LogP contribution in [0.2, 0.25) is 0 Å². The van der Waals surface area contributed by atoms with Gasteiger partial charge in [0.2, 0.25) is 5.95 Å². The van der Waals surface area contributed by atoms with Gasteiger partial charge in [0.15, 0.2) is 0 Å². The smallest absolute Gasteiger partial charge is 0.235 e. The molecule has 0 bridgehead atoms. The van der Waals surface area contributed by atoms with E-state index in [0.717, 1.165) is 33.2 Å². The van der Waals surface area contributed by atoms with Gasteiger partial charge in [0.25, 0.3) is 0 Å². The molecule has 13 rings (SSSR count). The van der Waals surface area contributed by atoms with E-state index in [9.17, 15) is 0 Å². The summed E-state index contributed by atoms with van der Waals surface area (Å²) in [6.07, 6.45) is 0. The van der Waals surface area contributed by atoms with E-state index in [-0.39, 0.29) is 5.92 Å². The zero-order chi connectivity index (χ0) is 40.7. The van der Waals surface area contributed by atoms with Gasteiger partial charge in [-0.15, -0.1) is 0 Å². The summed E-state index contributed by atoms with van der Waals surface area (Å²) >= 11 is 0. The second-order valence-corrected chi connectivity index (χ2v) is 16.5. The third-order valence-electron chi connectivity index (χ3n) is 13.1. The van der Waals surface area contributed by atoms with Crippen LogP contribution < -0.4 is 0 Å². The fourth-order valence-corrected chi connectivity index (χ4v) is 10.3. The maximum Gasteiger partial charge on any atom is 0.235 e. The van der Waals surface area contributed by atoms with E-state index in [4.69, 9.17) is 9.97 Å². The Morgan fingerprint density at radius 3 is 1.84 bits per heavy atom. The molecule has 0 saturated carbocycles. The Balaban J connectivity index is 1.12. The van der Waals surface area contributed by atoms with Crippen molar-refractivity contribution in [3.8, 4) is 50.6 Å². The van der Waals surface area contributed by atoms with Gasteiger partial charge in [-0.3, -0.25) is 4.57 Å². The molecule has 0 radical (unpaired) electrons. The summed E-state index contributed by atoms with van der Waals surface area (Å²) in [6, 6.07) is 79.4. The Morgan fingerprint density at radius 2 is 1.02 bits per heavy atom. The molecule has 0 aliphatic heterocycles. The summed E-state index contributed by atoms with van der Waals surface area (Å²) in [7, 11) is 0. The van der Waals surface area contributed by atoms with Crippen molar-refractivity contribution in [3.05, 3.63) is 235 Å². The first-order chi connectivity index (χ1) is 30.8. The lowest BCUT2D eigenvalue weighted by Crippen LogP contribution is -2.04. The molecule has 10 aromatic carbocycles. The van der Waals surface area contributed by atoms with Crippen molar-refractivity contribution in [1.29, 1.82) is 0 Å². The fourth-order valence-electron chi connectivity index (χ4n) is 10.3. The van der Waals surface area contributed by atoms with Gasteiger partial charge in [0, 0.05) is 33.2 Å². The molecular weight excluding hydrogens is 751 g/mol. The Morgan fingerprint density at radius 1 is 0.387 bits per heavy atom. The highest BCUT2D eigenvalue weighted by atomic mass is 15.2. The highest BCUT2D eigenvalue weighted by Gasteiger charge is 2.31. The predicted octanol–water partition coefficient (Wildman–Crippen LogP) is 15.2. The lowest BCUT2D eigenvalue weighted by Gasteiger charge is -2.18. The molecule has 12 aromatic rings. The number of rotatable bonds is 5. The first-order valence-electron chi connectivity index (χ1n) is 21.4. The molecule has 2 aromatic heterocycles. The minimum atomic E-state index is 0.0866. The zero-order valence-electron chi connectivity index (χ0n) is 33.7. The number of aromatic nitrogens is 3. The van der Waals surface area contributed by atoms with Gasteiger partial charge in [-0.25, -0.2) is 9.97 Å². The molecular formula is C59H37N3. The van der Waals surface area contributed by atoms with Gasteiger partial charge < -0.3 is 0 Å². The van der Waals surface area contributed by atoms with Crippen LogP contribution in [0.25, 0.3) is 105 Å². The zero-order valence-corrected chi connectivity index (χ0v) is 33.7. The van der Waals surface area contributed by atoms with Crippen molar-refractivity contribution >= 4 is 54.3 Å². The Bertz CT molecular complexity index is 3730. The van der Waals surface area contributed by atoms with E-state index in [1.54, 1.807) is 0 Å². The summed E-state index contributed by atoms with van der Waals surface area (Å²) in [5.74, 6) is 0.739.